The molecule has 0 aromatic heterocycles. The van der Waals surface area contributed by atoms with E-state index in [1.54, 1.807) is 0 Å². The van der Waals surface area contributed by atoms with Gasteiger partial charge in [0, 0.05) is 51.0 Å². The third kappa shape index (κ3) is 5.93. The average Bonchev–Trinajstić information content (AvgIpc) is 2.58. The Bertz CT molecular complexity index is 614. The summed E-state index contributed by atoms with van der Waals surface area (Å²) < 4.78 is 0. The molecule has 0 radical (unpaired) electrons. The van der Waals surface area contributed by atoms with Gasteiger partial charge in [0.2, 0.25) is 5.91 Å². The van der Waals surface area contributed by atoms with Crippen LogP contribution in [0.25, 0.3) is 0 Å². The van der Waals surface area contributed by atoms with Crippen molar-refractivity contribution < 1.29 is 9.59 Å². The van der Waals surface area contributed by atoms with Crippen LogP contribution < -0.4 is 15.5 Å². The van der Waals surface area contributed by atoms with Crippen molar-refractivity contribution in [2.45, 2.75) is 53.6 Å². The van der Waals surface area contributed by atoms with Gasteiger partial charge in [-0.15, -0.1) is 0 Å². The maximum absolute atomic E-state index is 12.6. The van der Waals surface area contributed by atoms with Gasteiger partial charge < -0.3 is 20.4 Å². The lowest BCUT2D eigenvalue weighted by molar-refractivity contribution is -0.115. The van der Waals surface area contributed by atoms with E-state index in [1.165, 1.54) is 0 Å². The Morgan fingerprint density at radius 1 is 1.12 bits per heavy atom. The highest BCUT2D eigenvalue weighted by Gasteiger charge is 2.24. The zero-order valence-electron chi connectivity index (χ0n) is 17.2. The molecule has 146 valence electrons. The van der Waals surface area contributed by atoms with Crippen LogP contribution in [-0.2, 0) is 11.3 Å². The summed E-state index contributed by atoms with van der Waals surface area (Å²) in [6, 6.07) is 5.86. The van der Waals surface area contributed by atoms with E-state index in [0.29, 0.717) is 25.4 Å². The van der Waals surface area contributed by atoms with E-state index in [9.17, 15) is 9.59 Å². The summed E-state index contributed by atoms with van der Waals surface area (Å²) in [7, 11) is 3.96. The molecule has 0 saturated carbocycles. The minimum absolute atomic E-state index is 0.0234. The van der Waals surface area contributed by atoms with E-state index in [1.807, 2.05) is 55.9 Å². The summed E-state index contributed by atoms with van der Waals surface area (Å²) in [4.78, 5) is 28.2. The zero-order chi connectivity index (χ0) is 19.9. The Morgan fingerprint density at radius 2 is 1.77 bits per heavy atom. The highest BCUT2D eigenvalue weighted by atomic mass is 16.2. The van der Waals surface area contributed by atoms with Crippen molar-refractivity contribution in [3.8, 4) is 0 Å². The van der Waals surface area contributed by atoms with Gasteiger partial charge in [-0.1, -0.05) is 20.8 Å². The van der Waals surface area contributed by atoms with Gasteiger partial charge in [0.05, 0.1) is 0 Å². The number of nitrogens with zero attached hydrogens (tertiary/aromatic N) is 2. The first-order valence-electron chi connectivity index (χ1n) is 9.35. The van der Waals surface area contributed by atoms with E-state index < -0.39 is 0 Å². The average molecular weight is 363 g/mol. The number of carbonyl (C=O) groups excluding carboxylic acids is 2. The van der Waals surface area contributed by atoms with Crippen molar-refractivity contribution in [3.05, 3.63) is 23.8 Å². The van der Waals surface area contributed by atoms with Gasteiger partial charge in [0.25, 0.3) is 0 Å². The van der Waals surface area contributed by atoms with Gasteiger partial charge in [-0.2, -0.15) is 0 Å². The number of hydrogen-bond donors (Lipinski definition) is 2. The Hall–Kier alpha value is -2.24. The van der Waals surface area contributed by atoms with Crippen LogP contribution in [0, 0.1) is 5.92 Å². The fourth-order valence-electron chi connectivity index (χ4n) is 2.67. The van der Waals surface area contributed by atoms with Gasteiger partial charge >= 0.3 is 6.03 Å². The second kappa shape index (κ2) is 10.0. The number of urea groups is 1. The van der Waals surface area contributed by atoms with Crippen LogP contribution in [0.3, 0.4) is 0 Å². The van der Waals surface area contributed by atoms with Crippen LogP contribution in [0.2, 0.25) is 0 Å². The monoisotopic (exact) mass is 362 g/mol. The molecule has 26 heavy (non-hydrogen) atoms. The number of amides is 3. The predicted molar refractivity (Wildman–Crippen MR) is 109 cm³/mol. The van der Waals surface area contributed by atoms with E-state index >= 15 is 0 Å². The molecule has 0 aliphatic carbocycles. The fraction of sp³-hybridized carbons (Fsp3) is 0.600. The molecule has 2 N–H and O–H groups in total. The molecule has 0 aliphatic rings. The molecule has 0 heterocycles. The summed E-state index contributed by atoms with van der Waals surface area (Å²) in [5, 5.41) is 5.81. The van der Waals surface area contributed by atoms with Crippen molar-refractivity contribution in [3.63, 3.8) is 0 Å². The van der Waals surface area contributed by atoms with Crippen LogP contribution in [0.1, 0.15) is 46.6 Å². The highest BCUT2D eigenvalue weighted by Crippen LogP contribution is 2.26. The number of nitrogens with one attached hydrogen (secondary N) is 2. The van der Waals surface area contributed by atoms with Gasteiger partial charge in [0.15, 0.2) is 0 Å². The lowest BCUT2D eigenvalue weighted by Gasteiger charge is -2.33. The molecule has 0 spiro atoms. The summed E-state index contributed by atoms with van der Waals surface area (Å²) in [5.41, 5.74) is 2.79. The van der Waals surface area contributed by atoms with Gasteiger partial charge in [-0.3, -0.25) is 4.79 Å². The first-order valence-corrected chi connectivity index (χ1v) is 9.35. The van der Waals surface area contributed by atoms with Crippen LogP contribution in [0.5, 0.6) is 0 Å². The highest BCUT2D eigenvalue weighted by molar-refractivity contribution is 5.90. The van der Waals surface area contributed by atoms with Crippen LogP contribution >= 0.6 is 0 Å². The van der Waals surface area contributed by atoms with Gasteiger partial charge in [-0.05, 0) is 43.5 Å². The van der Waals surface area contributed by atoms with Crippen molar-refractivity contribution >= 4 is 23.3 Å². The largest absolute Gasteiger partial charge is 0.377 e. The molecular formula is C20H34N4O2. The van der Waals surface area contributed by atoms with Crippen molar-refractivity contribution in [2.75, 3.05) is 30.9 Å². The first-order chi connectivity index (χ1) is 12.2. The molecule has 0 aliphatic heterocycles. The molecule has 6 nitrogen and oxygen atoms in total. The van der Waals surface area contributed by atoms with Gasteiger partial charge in [-0.25, -0.2) is 4.79 Å². The van der Waals surface area contributed by atoms with Gasteiger partial charge in [0.1, 0.15) is 0 Å². The maximum Gasteiger partial charge on any atom is 0.317 e. The predicted octanol–water partition coefficient (Wildman–Crippen LogP) is 3.68. The second-order valence-electron chi connectivity index (χ2n) is 7.09. The lowest BCUT2D eigenvalue weighted by Crippen LogP contribution is -2.46. The van der Waals surface area contributed by atoms with Crippen molar-refractivity contribution in [2.24, 2.45) is 5.92 Å². The first kappa shape index (κ1) is 21.8. The number of anilines is 2. The fourth-order valence-corrected chi connectivity index (χ4v) is 2.67. The van der Waals surface area contributed by atoms with E-state index in [4.69, 9.17) is 0 Å². The van der Waals surface area contributed by atoms with Crippen LogP contribution in [0.15, 0.2) is 18.2 Å². The normalized spacial score (nSPS) is 11.8. The number of hydrogen-bond acceptors (Lipinski definition) is 3. The summed E-state index contributed by atoms with van der Waals surface area (Å²) in [6.07, 6.45) is 0.431. The molecule has 0 bridgehead atoms. The van der Waals surface area contributed by atoms with E-state index in [-0.39, 0.29) is 18.0 Å². The molecule has 1 aromatic carbocycles. The number of rotatable bonds is 8. The summed E-state index contributed by atoms with van der Waals surface area (Å²) in [5.74, 6) is 0.313. The Kier molecular flexibility index (Phi) is 8.42. The molecule has 0 fully saturated rings. The number of benzene rings is 1. The summed E-state index contributed by atoms with van der Waals surface area (Å²) in [6.45, 7) is 11.1. The van der Waals surface area contributed by atoms with E-state index in [0.717, 1.165) is 16.9 Å². The van der Waals surface area contributed by atoms with Crippen molar-refractivity contribution in [1.82, 2.24) is 10.2 Å². The zero-order valence-corrected chi connectivity index (χ0v) is 17.2. The SMILES string of the molecule is CCNC(=O)N(Cc1cc(NC(=O)CC)ccc1N(C)C)[C@@H](C)C(C)C. The van der Waals surface area contributed by atoms with Crippen LogP contribution in [0.4, 0.5) is 16.2 Å². The standard InChI is InChI=1S/C20H34N4O2/c1-8-19(25)22-17-10-11-18(23(6)7)16(12-17)13-24(15(5)14(3)4)20(26)21-9-2/h10-12,14-15H,8-9,13H2,1-7H3,(H,21,26)(H,22,25)/t15-/m0/s1. The van der Waals surface area contributed by atoms with Crippen molar-refractivity contribution in [1.29, 1.82) is 0 Å². The smallest absolute Gasteiger partial charge is 0.317 e. The lowest BCUT2D eigenvalue weighted by atomic mass is 10.0. The molecule has 0 saturated heterocycles. The quantitative estimate of drug-likeness (QED) is 0.741. The molecule has 6 heteroatoms. The minimum Gasteiger partial charge on any atom is -0.377 e. The van der Waals surface area contributed by atoms with Crippen LogP contribution in [-0.4, -0.2) is 43.5 Å². The van der Waals surface area contributed by atoms with E-state index in [2.05, 4.69) is 31.4 Å². The molecule has 1 rings (SSSR count). The molecule has 1 atom stereocenters. The molecule has 0 unspecified atom stereocenters. The third-order valence-electron chi connectivity index (χ3n) is 4.55. The summed E-state index contributed by atoms with van der Waals surface area (Å²) >= 11 is 0. The maximum atomic E-state index is 12.6. The topological polar surface area (TPSA) is 64.7 Å². The molecule has 1 aromatic rings. The Labute approximate surface area is 157 Å². The Balaban J connectivity index is 3.23. The third-order valence-corrected chi connectivity index (χ3v) is 4.55. The minimum atomic E-state index is -0.0681. The molecular weight excluding hydrogens is 328 g/mol. The Morgan fingerprint density at radius 3 is 2.27 bits per heavy atom. The molecule has 3 amide bonds. The number of carbonyl (C=O) groups is 2. The second-order valence-corrected chi connectivity index (χ2v) is 7.09.